The lowest BCUT2D eigenvalue weighted by Gasteiger charge is -2.24. The standard InChI is InChI=1S/C24H26N6O3/c1-29(2)19-12-30(13-22(19)33-23-11-25-16-7-5-6-8-17(16)28-23)24-15-9-20(31-3)21(32-4)10-18(15)26-14-27-24/h5-11,14,19,22H,12-13H2,1-4H3. The van der Waals surface area contributed by atoms with Gasteiger partial charge in [-0.2, -0.15) is 0 Å². The van der Waals surface area contributed by atoms with Crippen molar-refractivity contribution in [1.82, 2.24) is 24.8 Å². The quantitative estimate of drug-likeness (QED) is 0.444. The van der Waals surface area contributed by atoms with Gasteiger partial charge in [-0.1, -0.05) is 12.1 Å². The number of ether oxygens (including phenoxy) is 3. The fraction of sp³-hybridized carbons (Fsp3) is 0.333. The van der Waals surface area contributed by atoms with Crippen molar-refractivity contribution in [3.05, 3.63) is 48.9 Å². The highest BCUT2D eigenvalue weighted by Crippen LogP contribution is 2.36. The van der Waals surface area contributed by atoms with Crippen molar-refractivity contribution >= 4 is 27.8 Å². The first kappa shape index (κ1) is 21.1. The summed E-state index contributed by atoms with van der Waals surface area (Å²) in [6.45, 7) is 1.40. The van der Waals surface area contributed by atoms with Crippen molar-refractivity contribution < 1.29 is 14.2 Å². The molecule has 3 heterocycles. The molecule has 170 valence electrons. The second kappa shape index (κ2) is 8.67. The van der Waals surface area contributed by atoms with E-state index < -0.39 is 0 Å². The van der Waals surface area contributed by atoms with Crippen molar-refractivity contribution in [1.29, 1.82) is 0 Å². The Kier molecular flexibility index (Phi) is 5.55. The monoisotopic (exact) mass is 446 g/mol. The number of para-hydroxylation sites is 2. The summed E-state index contributed by atoms with van der Waals surface area (Å²) < 4.78 is 17.3. The number of nitrogens with zero attached hydrogens (tertiary/aromatic N) is 6. The number of rotatable bonds is 6. The number of aromatic nitrogens is 4. The van der Waals surface area contributed by atoms with E-state index in [0.717, 1.165) is 34.3 Å². The number of hydrogen-bond acceptors (Lipinski definition) is 9. The molecule has 9 heteroatoms. The fourth-order valence-electron chi connectivity index (χ4n) is 4.31. The van der Waals surface area contributed by atoms with Crippen LogP contribution in [0, 0.1) is 0 Å². The van der Waals surface area contributed by atoms with Crippen molar-refractivity contribution in [2.45, 2.75) is 12.1 Å². The average Bonchev–Trinajstić information content (AvgIpc) is 3.26. The maximum atomic E-state index is 6.36. The van der Waals surface area contributed by atoms with Crippen LogP contribution in [0.4, 0.5) is 5.82 Å². The Bertz CT molecular complexity index is 1300. The molecule has 1 aliphatic heterocycles. The van der Waals surface area contributed by atoms with Gasteiger partial charge in [-0.3, -0.25) is 0 Å². The van der Waals surface area contributed by atoms with Gasteiger partial charge in [0, 0.05) is 18.0 Å². The molecule has 2 aromatic carbocycles. The van der Waals surface area contributed by atoms with Crippen LogP contribution < -0.4 is 19.1 Å². The van der Waals surface area contributed by atoms with Gasteiger partial charge in [0.15, 0.2) is 11.5 Å². The minimum atomic E-state index is -0.111. The van der Waals surface area contributed by atoms with Gasteiger partial charge in [0.05, 0.1) is 49.6 Å². The van der Waals surface area contributed by atoms with Crippen LogP contribution in [-0.4, -0.2) is 78.4 Å². The highest BCUT2D eigenvalue weighted by atomic mass is 16.5. The smallest absolute Gasteiger partial charge is 0.233 e. The normalized spacial score (nSPS) is 18.3. The van der Waals surface area contributed by atoms with Crippen LogP contribution in [0.2, 0.25) is 0 Å². The minimum absolute atomic E-state index is 0.111. The highest BCUT2D eigenvalue weighted by Gasteiger charge is 2.37. The van der Waals surface area contributed by atoms with Gasteiger partial charge in [-0.25, -0.2) is 19.9 Å². The number of anilines is 1. The summed E-state index contributed by atoms with van der Waals surface area (Å²) in [6, 6.07) is 11.7. The molecule has 4 aromatic rings. The first-order valence-corrected chi connectivity index (χ1v) is 10.7. The second-order valence-electron chi connectivity index (χ2n) is 8.21. The van der Waals surface area contributed by atoms with E-state index in [9.17, 15) is 0 Å². The molecule has 2 unspecified atom stereocenters. The molecular formula is C24H26N6O3. The fourth-order valence-corrected chi connectivity index (χ4v) is 4.31. The molecule has 1 fully saturated rings. The predicted molar refractivity (Wildman–Crippen MR) is 126 cm³/mol. The van der Waals surface area contributed by atoms with Crippen molar-refractivity contribution in [3.8, 4) is 17.4 Å². The van der Waals surface area contributed by atoms with Crippen LogP contribution >= 0.6 is 0 Å². The molecule has 0 N–H and O–H groups in total. The van der Waals surface area contributed by atoms with Gasteiger partial charge in [0.2, 0.25) is 5.88 Å². The molecule has 1 aliphatic rings. The van der Waals surface area contributed by atoms with E-state index in [1.54, 1.807) is 26.7 Å². The first-order chi connectivity index (χ1) is 16.1. The van der Waals surface area contributed by atoms with Gasteiger partial charge in [-0.15, -0.1) is 0 Å². The lowest BCUT2D eigenvalue weighted by atomic mass is 10.2. The van der Waals surface area contributed by atoms with Gasteiger partial charge in [0.1, 0.15) is 18.2 Å². The van der Waals surface area contributed by atoms with Crippen LogP contribution in [0.3, 0.4) is 0 Å². The summed E-state index contributed by atoms with van der Waals surface area (Å²) in [5.74, 6) is 2.64. The van der Waals surface area contributed by atoms with E-state index >= 15 is 0 Å². The molecule has 0 bridgehead atoms. The molecule has 0 radical (unpaired) electrons. The summed E-state index contributed by atoms with van der Waals surface area (Å²) in [5, 5.41) is 0.902. The lowest BCUT2D eigenvalue weighted by molar-refractivity contribution is 0.130. The maximum absolute atomic E-state index is 6.36. The number of hydrogen-bond donors (Lipinski definition) is 0. The van der Waals surface area contributed by atoms with E-state index in [0.29, 0.717) is 23.9 Å². The number of methoxy groups -OCH3 is 2. The minimum Gasteiger partial charge on any atom is -0.493 e. The second-order valence-corrected chi connectivity index (χ2v) is 8.21. The molecule has 0 saturated carbocycles. The van der Waals surface area contributed by atoms with Crippen LogP contribution in [-0.2, 0) is 0 Å². The highest BCUT2D eigenvalue weighted by molar-refractivity contribution is 5.92. The maximum Gasteiger partial charge on any atom is 0.233 e. The lowest BCUT2D eigenvalue weighted by Crippen LogP contribution is -2.41. The average molecular weight is 447 g/mol. The Morgan fingerprint density at radius 2 is 1.67 bits per heavy atom. The summed E-state index contributed by atoms with van der Waals surface area (Å²) in [6.07, 6.45) is 3.16. The van der Waals surface area contributed by atoms with Crippen LogP contribution in [0.15, 0.2) is 48.9 Å². The SMILES string of the molecule is COc1cc2ncnc(N3CC(Oc4cnc5ccccc5n4)C(N(C)C)C3)c2cc1OC. The van der Waals surface area contributed by atoms with E-state index in [1.165, 1.54) is 0 Å². The third-order valence-corrected chi connectivity index (χ3v) is 6.02. The number of fused-ring (bicyclic) bond motifs is 2. The molecule has 9 nitrogen and oxygen atoms in total. The Labute approximate surface area is 192 Å². The Morgan fingerprint density at radius 1 is 0.909 bits per heavy atom. The van der Waals surface area contributed by atoms with Gasteiger partial charge in [0.25, 0.3) is 0 Å². The zero-order valence-corrected chi connectivity index (χ0v) is 19.1. The summed E-state index contributed by atoms with van der Waals surface area (Å²) in [5.41, 5.74) is 2.46. The molecule has 0 spiro atoms. The van der Waals surface area contributed by atoms with E-state index in [4.69, 9.17) is 14.2 Å². The summed E-state index contributed by atoms with van der Waals surface area (Å²) in [4.78, 5) is 22.6. The van der Waals surface area contributed by atoms with Gasteiger partial charge < -0.3 is 24.0 Å². The number of benzene rings is 2. The summed E-state index contributed by atoms with van der Waals surface area (Å²) in [7, 11) is 7.36. The van der Waals surface area contributed by atoms with E-state index in [-0.39, 0.29) is 12.1 Å². The molecule has 2 atom stereocenters. The molecule has 5 rings (SSSR count). The molecule has 0 aliphatic carbocycles. The Hall–Kier alpha value is -3.72. The van der Waals surface area contributed by atoms with Crippen molar-refractivity contribution in [2.24, 2.45) is 0 Å². The van der Waals surface area contributed by atoms with E-state index in [1.807, 2.05) is 36.4 Å². The summed E-state index contributed by atoms with van der Waals surface area (Å²) >= 11 is 0. The zero-order valence-electron chi connectivity index (χ0n) is 19.1. The molecule has 0 amide bonds. The molecule has 2 aromatic heterocycles. The van der Waals surface area contributed by atoms with Crippen molar-refractivity contribution in [3.63, 3.8) is 0 Å². The largest absolute Gasteiger partial charge is 0.493 e. The third kappa shape index (κ3) is 3.95. The predicted octanol–water partition coefficient (Wildman–Crippen LogP) is 2.79. The molecular weight excluding hydrogens is 420 g/mol. The van der Waals surface area contributed by atoms with E-state index in [2.05, 4.69) is 43.8 Å². The van der Waals surface area contributed by atoms with Gasteiger partial charge in [-0.05, 0) is 32.3 Å². The Morgan fingerprint density at radius 3 is 2.42 bits per heavy atom. The molecule has 33 heavy (non-hydrogen) atoms. The van der Waals surface area contributed by atoms with Crippen molar-refractivity contribution in [2.75, 3.05) is 46.3 Å². The van der Waals surface area contributed by atoms with Crippen LogP contribution in [0.25, 0.3) is 21.9 Å². The molecule has 1 saturated heterocycles. The van der Waals surface area contributed by atoms with Crippen LogP contribution in [0.1, 0.15) is 0 Å². The number of likely N-dealkylation sites (N-methyl/N-ethyl adjacent to an activating group) is 1. The topological polar surface area (TPSA) is 85.7 Å². The first-order valence-electron chi connectivity index (χ1n) is 10.7. The van der Waals surface area contributed by atoms with Crippen LogP contribution in [0.5, 0.6) is 17.4 Å². The Balaban J connectivity index is 1.47. The van der Waals surface area contributed by atoms with Gasteiger partial charge >= 0.3 is 0 Å². The third-order valence-electron chi connectivity index (χ3n) is 6.02. The zero-order chi connectivity index (χ0) is 22.9.